The first-order chi connectivity index (χ1) is 11.4. The van der Waals surface area contributed by atoms with E-state index in [-0.39, 0.29) is 35.9 Å². The second-order valence-electron chi connectivity index (χ2n) is 7.40. The first-order valence-corrected chi connectivity index (χ1v) is 8.83. The van der Waals surface area contributed by atoms with Gasteiger partial charge in [0.05, 0.1) is 18.8 Å². The predicted molar refractivity (Wildman–Crippen MR) is 100 cm³/mol. The average molecular weight is 369 g/mol. The molecule has 1 heterocycles. The molecule has 1 aromatic carbocycles. The fourth-order valence-corrected chi connectivity index (χ4v) is 3.78. The molecule has 140 valence electrons. The zero-order chi connectivity index (χ0) is 17.4. The fourth-order valence-electron chi connectivity index (χ4n) is 3.78. The molecule has 0 aromatic heterocycles. The lowest BCUT2D eigenvalue weighted by Crippen LogP contribution is -2.75. The van der Waals surface area contributed by atoms with E-state index in [0.717, 1.165) is 24.2 Å². The molecular formula is C19H29ClN2O3. The highest BCUT2D eigenvalue weighted by Gasteiger charge is 2.63. The zero-order valence-electron chi connectivity index (χ0n) is 15.2. The van der Waals surface area contributed by atoms with Crippen molar-refractivity contribution in [3.8, 4) is 5.75 Å². The molecule has 6 heteroatoms. The van der Waals surface area contributed by atoms with E-state index in [1.807, 2.05) is 45.0 Å². The van der Waals surface area contributed by atoms with E-state index in [0.29, 0.717) is 19.6 Å². The smallest absolute Gasteiger partial charge is 0.241 e. The lowest BCUT2D eigenvalue weighted by molar-refractivity contribution is -0.171. The highest BCUT2D eigenvalue weighted by atomic mass is 35.5. The topological polar surface area (TPSA) is 73.6 Å². The van der Waals surface area contributed by atoms with Gasteiger partial charge in [-0.2, -0.15) is 0 Å². The van der Waals surface area contributed by atoms with Crippen molar-refractivity contribution < 1.29 is 14.3 Å². The zero-order valence-corrected chi connectivity index (χ0v) is 16.0. The lowest BCUT2D eigenvalue weighted by Gasteiger charge is -2.57. The monoisotopic (exact) mass is 368 g/mol. The normalized spacial score (nSPS) is 29.9. The molecule has 1 aliphatic heterocycles. The van der Waals surface area contributed by atoms with Crippen LogP contribution in [-0.2, 0) is 9.53 Å². The summed E-state index contributed by atoms with van der Waals surface area (Å²) in [5.74, 6) is 0.761. The average Bonchev–Trinajstić information content (AvgIpc) is 2.77. The maximum absolute atomic E-state index is 13.0. The van der Waals surface area contributed by atoms with Crippen LogP contribution in [0, 0.1) is 5.41 Å². The molecule has 1 amide bonds. The number of halogens is 1. The van der Waals surface area contributed by atoms with Gasteiger partial charge >= 0.3 is 0 Å². The summed E-state index contributed by atoms with van der Waals surface area (Å²) in [5, 5.41) is 3.18. The van der Waals surface area contributed by atoms with Crippen LogP contribution >= 0.6 is 12.4 Å². The summed E-state index contributed by atoms with van der Waals surface area (Å²) in [6.07, 6.45) is 2.35. The summed E-state index contributed by atoms with van der Waals surface area (Å²) >= 11 is 0. The largest absolute Gasteiger partial charge is 0.493 e. The molecule has 3 atom stereocenters. The van der Waals surface area contributed by atoms with Crippen LogP contribution < -0.4 is 15.8 Å². The van der Waals surface area contributed by atoms with Crippen molar-refractivity contribution in [1.82, 2.24) is 5.32 Å². The minimum Gasteiger partial charge on any atom is -0.493 e. The Morgan fingerprint density at radius 1 is 1.40 bits per heavy atom. The minimum absolute atomic E-state index is 0. The highest BCUT2D eigenvalue weighted by molar-refractivity contribution is 5.89. The summed E-state index contributed by atoms with van der Waals surface area (Å²) in [7, 11) is 0. The van der Waals surface area contributed by atoms with Crippen molar-refractivity contribution in [3.05, 3.63) is 29.8 Å². The number of carbonyl (C=O) groups excluding carboxylic acids is 1. The fraction of sp³-hybridized carbons (Fsp3) is 0.632. The van der Waals surface area contributed by atoms with Crippen LogP contribution in [0.15, 0.2) is 24.3 Å². The van der Waals surface area contributed by atoms with Crippen molar-refractivity contribution in [2.75, 3.05) is 13.2 Å². The van der Waals surface area contributed by atoms with Gasteiger partial charge in [0.15, 0.2) is 0 Å². The molecule has 0 bridgehead atoms. The van der Waals surface area contributed by atoms with E-state index in [1.165, 1.54) is 0 Å². The number of carbonyl (C=O) groups is 1. The number of fused-ring (bicyclic) bond motifs is 1. The maximum atomic E-state index is 13.0. The first kappa shape index (κ1) is 20.0. The Morgan fingerprint density at radius 3 is 2.80 bits per heavy atom. The number of benzene rings is 1. The Balaban J connectivity index is 0.00000225. The van der Waals surface area contributed by atoms with Crippen LogP contribution in [0.25, 0.3) is 0 Å². The Bertz CT molecular complexity index is 622. The van der Waals surface area contributed by atoms with Crippen molar-refractivity contribution in [3.63, 3.8) is 0 Å². The molecule has 2 aliphatic rings. The number of hydrogen-bond acceptors (Lipinski definition) is 4. The molecule has 1 saturated carbocycles. The van der Waals surface area contributed by atoms with E-state index in [4.69, 9.17) is 15.2 Å². The number of nitrogens with two attached hydrogens (primary N) is 1. The van der Waals surface area contributed by atoms with E-state index in [1.54, 1.807) is 0 Å². The third-order valence-electron chi connectivity index (χ3n) is 5.73. The lowest BCUT2D eigenvalue weighted by atomic mass is 9.54. The van der Waals surface area contributed by atoms with Crippen molar-refractivity contribution in [1.29, 1.82) is 0 Å². The molecule has 0 spiro atoms. The summed E-state index contributed by atoms with van der Waals surface area (Å²) in [4.78, 5) is 13.0. The van der Waals surface area contributed by atoms with Gasteiger partial charge in [0.2, 0.25) is 5.91 Å². The summed E-state index contributed by atoms with van der Waals surface area (Å²) in [5.41, 5.74) is 6.26. The van der Waals surface area contributed by atoms with Gasteiger partial charge in [-0.1, -0.05) is 32.0 Å². The van der Waals surface area contributed by atoms with Gasteiger partial charge in [-0.25, -0.2) is 0 Å². The number of para-hydroxylation sites is 1. The molecular weight excluding hydrogens is 340 g/mol. The number of hydrogen-bond donors (Lipinski definition) is 2. The SMILES string of the molecule is CCOC1CC(N)(C(=O)NC2CCCOc3ccccc32)C1(C)C.Cl. The van der Waals surface area contributed by atoms with Gasteiger partial charge in [-0.05, 0) is 25.8 Å². The van der Waals surface area contributed by atoms with Gasteiger partial charge in [-0.3, -0.25) is 4.79 Å². The van der Waals surface area contributed by atoms with Gasteiger partial charge in [0, 0.05) is 24.0 Å². The molecule has 25 heavy (non-hydrogen) atoms. The van der Waals surface area contributed by atoms with E-state index < -0.39 is 5.54 Å². The Labute approximate surface area is 156 Å². The van der Waals surface area contributed by atoms with E-state index in [9.17, 15) is 4.79 Å². The molecule has 0 saturated heterocycles. The Kier molecular flexibility index (Phi) is 6.02. The summed E-state index contributed by atoms with van der Waals surface area (Å²) in [6, 6.07) is 7.84. The van der Waals surface area contributed by atoms with Gasteiger partial charge in [0.25, 0.3) is 0 Å². The number of nitrogens with one attached hydrogen (secondary N) is 1. The van der Waals surface area contributed by atoms with Crippen LogP contribution in [0.3, 0.4) is 0 Å². The molecule has 1 aliphatic carbocycles. The van der Waals surface area contributed by atoms with Crippen LogP contribution in [0.4, 0.5) is 0 Å². The molecule has 3 rings (SSSR count). The quantitative estimate of drug-likeness (QED) is 0.856. The molecule has 1 aromatic rings. The predicted octanol–water partition coefficient (Wildman–Crippen LogP) is 2.97. The van der Waals surface area contributed by atoms with Crippen LogP contribution in [0.5, 0.6) is 5.75 Å². The second-order valence-corrected chi connectivity index (χ2v) is 7.40. The van der Waals surface area contributed by atoms with Crippen molar-refractivity contribution in [2.45, 2.75) is 57.7 Å². The van der Waals surface area contributed by atoms with E-state index in [2.05, 4.69) is 5.32 Å². The number of ether oxygens (including phenoxy) is 2. The van der Waals surface area contributed by atoms with Gasteiger partial charge in [0.1, 0.15) is 11.3 Å². The Morgan fingerprint density at radius 2 is 2.12 bits per heavy atom. The number of rotatable bonds is 4. The number of amides is 1. The van der Waals surface area contributed by atoms with Crippen LogP contribution in [0.1, 0.15) is 51.6 Å². The molecule has 5 nitrogen and oxygen atoms in total. The van der Waals surface area contributed by atoms with Crippen molar-refractivity contribution >= 4 is 18.3 Å². The van der Waals surface area contributed by atoms with Gasteiger partial charge in [-0.15, -0.1) is 12.4 Å². The standard InChI is InChI=1S/C19H28N2O3.ClH/c1-4-23-16-12-19(20,18(16,2)3)17(22)21-14-9-7-11-24-15-10-6-5-8-13(14)15;/h5-6,8,10,14,16H,4,7,9,11-12,20H2,1-3H3,(H,21,22);1H. The third-order valence-corrected chi connectivity index (χ3v) is 5.73. The second kappa shape index (κ2) is 7.52. The Hall–Kier alpha value is -1.30. The molecule has 1 fully saturated rings. The molecule has 3 unspecified atom stereocenters. The highest BCUT2D eigenvalue weighted by Crippen LogP contribution is 2.50. The maximum Gasteiger partial charge on any atom is 0.241 e. The van der Waals surface area contributed by atoms with Crippen molar-refractivity contribution in [2.24, 2.45) is 11.1 Å². The van der Waals surface area contributed by atoms with Crippen LogP contribution in [0.2, 0.25) is 0 Å². The van der Waals surface area contributed by atoms with Gasteiger partial charge < -0.3 is 20.5 Å². The minimum atomic E-state index is -0.894. The molecule has 3 N–H and O–H groups in total. The first-order valence-electron chi connectivity index (χ1n) is 8.83. The summed E-state index contributed by atoms with van der Waals surface area (Å²) < 4.78 is 11.5. The van der Waals surface area contributed by atoms with Crippen LogP contribution in [-0.4, -0.2) is 30.8 Å². The summed E-state index contributed by atoms with van der Waals surface area (Å²) in [6.45, 7) is 7.31. The third kappa shape index (κ3) is 3.37. The van der Waals surface area contributed by atoms with E-state index >= 15 is 0 Å². The molecule has 0 radical (unpaired) electrons.